The van der Waals surface area contributed by atoms with Crippen molar-refractivity contribution in [2.24, 2.45) is 0 Å². The minimum Gasteiger partial charge on any atom is -0.454 e. The van der Waals surface area contributed by atoms with Gasteiger partial charge >= 0.3 is 5.97 Å². The molecule has 0 aliphatic heterocycles. The quantitative estimate of drug-likeness (QED) is 0.627. The average Bonchev–Trinajstić information content (AvgIpc) is 2.30. The van der Waals surface area contributed by atoms with Gasteiger partial charge in [-0.05, 0) is 25.5 Å². The van der Waals surface area contributed by atoms with Crippen molar-refractivity contribution in [1.29, 1.82) is 0 Å². The Balaban J connectivity index is 2.56. The molecule has 0 saturated heterocycles. The van der Waals surface area contributed by atoms with E-state index in [1.54, 1.807) is 13.8 Å². The van der Waals surface area contributed by atoms with Gasteiger partial charge in [-0.25, -0.2) is 4.79 Å². The van der Waals surface area contributed by atoms with Crippen molar-refractivity contribution in [3.63, 3.8) is 0 Å². The summed E-state index contributed by atoms with van der Waals surface area (Å²) in [5, 5.41) is 9.72. The van der Waals surface area contributed by atoms with Gasteiger partial charge in [0, 0.05) is 6.42 Å². The van der Waals surface area contributed by atoms with Crippen LogP contribution >= 0.6 is 0 Å². The van der Waals surface area contributed by atoms with Gasteiger partial charge in [0.1, 0.15) is 5.60 Å². The summed E-state index contributed by atoms with van der Waals surface area (Å²) in [6, 6.07) is 9.32. The van der Waals surface area contributed by atoms with E-state index in [1.165, 1.54) is 6.08 Å². The summed E-state index contributed by atoms with van der Waals surface area (Å²) in [6.07, 6.45) is 0.643. The lowest BCUT2D eigenvalue weighted by molar-refractivity contribution is -0.162. The Morgan fingerprint density at radius 1 is 1.47 bits per heavy atom. The Hall–Kier alpha value is -1.61. The van der Waals surface area contributed by atoms with Crippen LogP contribution in [0.5, 0.6) is 0 Å². The van der Waals surface area contributed by atoms with Gasteiger partial charge in [-0.15, -0.1) is 0 Å². The molecule has 0 aromatic heterocycles. The Kier molecular flexibility index (Phi) is 4.46. The molecular weight excluding hydrogens is 216 g/mol. The summed E-state index contributed by atoms with van der Waals surface area (Å²) in [5.74, 6) is -0.626. The molecule has 0 heterocycles. The Morgan fingerprint density at radius 3 is 2.59 bits per heavy atom. The van der Waals surface area contributed by atoms with Crippen LogP contribution in [0.2, 0.25) is 0 Å². The molecule has 0 radical (unpaired) electrons. The molecule has 1 N–H and O–H groups in total. The average molecular weight is 234 g/mol. The van der Waals surface area contributed by atoms with Gasteiger partial charge in [0.05, 0.1) is 0 Å². The van der Waals surface area contributed by atoms with E-state index >= 15 is 0 Å². The first-order valence-electron chi connectivity index (χ1n) is 5.53. The molecule has 0 bridgehead atoms. The summed E-state index contributed by atoms with van der Waals surface area (Å²) in [5.41, 5.74) is 0.141. The molecule has 0 aliphatic rings. The fourth-order valence-corrected chi connectivity index (χ4v) is 1.29. The maximum atomic E-state index is 11.6. The second kappa shape index (κ2) is 5.64. The molecule has 92 valence electrons. The number of carbonyl (C=O) groups is 1. The molecule has 1 aromatic rings. The second-order valence-corrected chi connectivity index (χ2v) is 4.43. The van der Waals surface area contributed by atoms with E-state index in [0.717, 1.165) is 5.56 Å². The molecule has 0 unspecified atom stereocenters. The highest BCUT2D eigenvalue weighted by Gasteiger charge is 2.24. The topological polar surface area (TPSA) is 46.5 Å². The monoisotopic (exact) mass is 234 g/mol. The standard InChI is InChI=1S/C14H18O3/c1-4-14(2,3)17-13(16)12(15)10-11-8-6-5-7-9-11/h4-9,12,15H,1,10H2,2-3H3/t12-/m0/s1. The van der Waals surface area contributed by atoms with Crippen molar-refractivity contribution < 1.29 is 14.6 Å². The molecule has 0 spiro atoms. The zero-order valence-electron chi connectivity index (χ0n) is 10.2. The molecule has 0 saturated carbocycles. The van der Waals surface area contributed by atoms with Gasteiger partial charge in [0.2, 0.25) is 0 Å². The van der Waals surface area contributed by atoms with Crippen molar-refractivity contribution in [2.45, 2.75) is 32.0 Å². The maximum Gasteiger partial charge on any atom is 0.336 e. The SMILES string of the molecule is C=CC(C)(C)OC(=O)[C@@H](O)Cc1ccccc1. The molecule has 0 amide bonds. The predicted octanol–water partition coefficient (Wildman–Crippen LogP) is 2.10. The summed E-state index contributed by atoms with van der Waals surface area (Å²) < 4.78 is 5.11. The lowest BCUT2D eigenvalue weighted by Gasteiger charge is -2.22. The third kappa shape index (κ3) is 4.41. The van der Waals surface area contributed by atoms with Gasteiger partial charge in [0.25, 0.3) is 0 Å². The van der Waals surface area contributed by atoms with Gasteiger partial charge in [-0.1, -0.05) is 36.9 Å². The van der Waals surface area contributed by atoms with Crippen LogP contribution in [-0.2, 0) is 16.0 Å². The van der Waals surface area contributed by atoms with Crippen molar-refractivity contribution >= 4 is 5.97 Å². The number of carbonyl (C=O) groups excluding carboxylic acids is 1. The van der Waals surface area contributed by atoms with E-state index < -0.39 is 17.7 Å². The van der Waals surface area contributed by atoms with Crippen LogP contribution in [0.3, 0.4) is 0 Å². The number of hydrogen-bond donors (Lipinski definition) is 1. The van der Waals surface area contributed by atoms with Crippen molar-refractivity contribution in [1.82, 2.24) is 0 Å². The first-order chi connectivity index (χ1) is 7.94. The number of rotatable bonds is 5. The summed E-state index contributed by atoms with van der Waals surface area (Å²) >= 11 is 0. The Bertz CT molecular complexity index is 382. The number of benzene rings is 1. The predicted molar refractivity (Wildman–Crippen MR) is 66.5 cm³/mol. The highest BCUT2D eigenvalue weighted by atomic mass is 16.6. The Labute approximate surface area is 102 Å². The van der Waals surface area contributed by atoms with Gasteiger partial charge in [0.15, 0.2) is 6.10 Å². The van der Waals surface area contributed by atoms with Crippen LogP contribution in [0, 0.1) is 0 Å². The lowest BCUT2D eigenvalue weighted by Crippen LogP contribution is -2.33. The second-order valence-electron chi connectivity index (χ2n) is 4.43. The van der Waals surface area contributed by atoms with Crippen LogP contribution in [0.1, 0.15) is 19.4 Å². The van der Waals surface area contributed by atoms with E-state index in [1.807, 2.05) is 30.3 Å². The van der Waals surface area contributed by atoms with E-state index in [2.05, 4.69) is 6.58 Å². The highest BCUT2D eigenvalue weighted by Crippen LogP contribution is 2.13. The molecule has 3 nitrogen and oxygen atoms in total. The fourth-order valence-electron chi connectivity index (χ4n) is 1.29. The van der Waals surface area contributed by atoms with Crippen LogP contribution < -0.4 is 0 Å². The van der Waals surface area contributed by atoms with E-state index in [-0.39, 0.29) is 6.42 Å². The first kappa shape index (κ1) is 13.5. The normalized spacial score (nSPS) is 12.9. The molecule has 1 aromatic carbocycles. The van der Waals surface area contributed by atoms with Crippen molar-refractivity contribution in [2.75, 3.05) is 0 Å². The third-order valence-electron chi connectivity index (χ3n) is 2.40. The smallest absolute Gasteiger partial charge is 0.336 e. The lowest BCUT2D eigenvalue weighted by atomic mass is 10.1. The molecule has 1 atom stereocenters. The number of ether oxygens (including phenoxy) is 1. The summed E-state index contributed by atoms with van der Waals surface area (Å²) in [7, 11) is 0. The van der Waals surface area contributed by atoms with Crippen LogP contribution in [0.15, 0.2) is 43.0 Å². The third-order valence-corrected chi connectivity index (χ3v) is 2.40. The van der Waals surface area contributed by atoms with Crippen molar-refractivity contribution in [3.8, 4) is 0 Å². The van der Waals surface area contributed by atoms with E-state index in [4.69, 9.17) is 4.74 Å². The van der Waals surface area contributed by atoms with Crippen LogP contribution in [0.4, 0.5) is 0 Å². The molecule has 0 aliphatic carbocycles. The number of esters is 1. The molecular formula is C14H18O3. The molecule has 1 rings (SSSR count). The fraction of sp³-hybridized carbons (Fsp3) is 0.357. The molecule has 0 fully saturated rings. The minimum atomic E-state index is -1.14. The van der Waals surface area contributed by atoms with Gasteiger partial charge in [-0.2, -0.15) is 0 Å². The molecule has 17 heavy (non-hydrogen) atoms. The number of aliphatic hydroxyl groups is 1. The molecule has 3 heteroatoms. The largest absolute Gasteiger partial charge is 0.454 e. The van der Waals surface area contributed by atoms with Crippen LogP contribution in [0.25, 0.3) is 0 Å². The van der Waals surface area contributed by atoms with Crippen LogP contribution in [-0.4, -0.2) is 22.8 Å². The zero-order chi connectivity index (χ0) is 12.9. The number of hydrogen-bond acceptors (Lipinski definition) is 3. The first-order valence-corrected chi connectivity index (χ1v) is 5.53. The van der Waals surface area contributed by atoms with E-state index in [9.17, 15) is 9.90 Å². The number of aliphatic hydroxyl groups excluding tert-OH is 1. The highest BCUT2D eigenvalue weighted by molar-refractivity contribution is 5.75. The van der Waals surface area contributed by atoms with Gasteiger partial charge < -0.3 is 9.84 Å². The minimum absolute atomic E-state index is 0.257. The van der Waals surface area contributed by atoms with Gasteiger partial charge in [-0.3, -0.25) is 0 Å². The zero-order valence-corrected chi connectivity index (χ0v) is 10.2. The van der Waals surface area contributed by atoms with Crippen molar-refractivity contribution in [3.05, 3.63) is 48.6 Å². The Morgan fingerprint density at radius 2 is 2.06 bits per heavy atom. The summed E-state index contributed by atoms with van der Waals surface area (Å²) in [6.45, 7) is 7.00. The maximum absolute atomic E-state index is 11.6. The van der Waals surface area contributed by atoms with E-state index in [0.29, 0.717) is 0 Å². The summed E-state index contributed by atoms with van der Waals surface area (Å²) in [4.78, 5) is 11.6.